The molecule has 0 aliphatic heterocycles. The molecule has 1 aliphatic rings. The summed E-state index contributed by atoms with van der Waals surface area (Å²) in [6.45, 7) is 14.5. The Morgan fingerprint density at radius 1 is 0.943 bits per heavy atom. The molecule has 0 heterocycles. The number of benzene rings is 1. The van der Waals surface area contributed by atoms with E-state index in [0.717, 1.165) is 18.4 Å². The number of carbonyl (C=O) groups is 5. The van der Waals surface area contributed by atoms with Gasteiger partial charge in [0.1, 0.15) is 11.6 Å². The zero-order valence-corrected chi connectivity index (χ0v) is 23.0. The highest BCUT2D eigenvalue weighted by atomic mass is 16.2. The molecule has 194 valence electrons. The van der Waals surface area contributed by atoms with Crippen LogP contribution in [-0.2, 0) is 16.0 Å². The number of fused-ring (bicyclic) bond motifs is 1. The molecule has 0 aromatic heterocycles. The molecule has 35 heavy (non-hydrogen) atoms. The van der Waals surface area contributed by atoms with Crippen molar-refractivity contribution in [2.75, 3.05) is 0 Å². The Bertz CT molecular complexity index is 956. The predicted octanol–water partition coefficient (Wildman–Crippen LogP) is 6.94. The standard InChI is InChI=1S/C27H36O5.C3H8/c1-7-9-20(21(8-2)25(31)10-15(3)28)11-19-12-24-23(18(6)30)14-22(17(5)29)16(4)27(24)26(32)13-19;1-3-2/h14,19-21H,7-13H2,1-6H3;3H2,1-2H3. The van der Waals surface area contributed by atoms with Gasteiger partial charge in [0.15, 0.2) is 17.3 Å². The molecule has 0 saturated carbocycles. The molecule has 3 unspecified atom stereocenters. The maximum atomic E-state index is 13.2. The Morgan fingerprint density at radius 3 is 1.97 bits per heavy atom. The van der Waals surface area contributed by atoms with Gasteiger partial charge in [-0.25, -0.2) is 0 Å². The van der Waals surface area contributed by atoms with Gasteiger partial charge in [0.05, 0.1) is 6.42 Å². The van der Waals surface area contributed by atoms with Crippen molar-refractivity contribution in [2.24, 2.45) is 17.8 Å². The molecule has 3 atom stereocenters. The first-order chi connectivity index (χ1) is 16.4. The van der Waals surface area contributed by atoms with Crippen LogP contribution in [0.1, 0.15) is 136 Å². The molecule has 0 bridgehead atoms. The van der Waals surface area contributed by atoms with Crippen LogP contribution in [0.4, 0.5) is 0 Å². The first-order valence-corrected chi connectivity index (χ1v) is 13.2. The van der Waals surface area contributed by atoms with Crippen LogP contribution in [0.25, 0.3) is 0 Å². The Hall–Kier alpha value is -2.43. The quantitative estimate of drug-likeness (QED) is 0.251. The molecule has 5 heteroatoms. The van der Waals surface area contributed by atoms with Crippen LogP contribution >= 0.6 is 0 Å². The lowest BCUT2D eigenvalue weighted by molar-refractivity contribution is -0.129. The second-order valence-corrected chi connectivity index (χ2v) is 10.1. The van der Waals surface area contributed by atoms with Crippen LogP contribution in [-0.4, -0.2) is 28.9 Å². The van der Waals surface area contributed by atoms with Crippen molar-refractivity contribution in [1.82, 2.24) is 0 Å². The van der Waals surface area contributed by atoms with Gasteiger partial charge in [0.2, 0.25) is 0 Å². The summed E-state index contributed by atoms with van der Waals surface area (Å²) in [5.74, 6) is -0.505. The number of rotatable bonds is 11. The minimum Gasteiger partial charge on any atom is -0.300 e. The highest BCUT2D eigenvalue weighted by Crippen LogP contribution is 2.38. The van der Waals surface area contributed by atoms with Crippen LogP contribution < -0.4 is 0 Å². The molecule has 0 amide bonds. The third-order valence-electron chi connectivity index (χ3n) is 6.84. The van der Waals surface area contributed by atoms with Gasteiger partial charge in [0, 0.05) is 29.0 Å². The van der Waals surface area contributed by atoms with Gasteiger partial charge < -0.3 is 0 Å². The van der Waals surface area contributed by atoms with Crippen molar-refractivity contribution in [3.05, 3.63) is 33.9 Å². The van der Waals surface area contributed by atoms with E-state index in [0.29, 0.717) is 47.9 Å². The van der Waals surface area contributed by atoms with Gasteiger partial charge >= 0.3 is 0 Å². The summed E-state index contributed by atoms with van der Waals surface area (Å²) in [5.41, 5.74) is 2.84. The van der Waals surface area contributed by atoms with Gasteiger partial charge in [0.25, 0.3) is 0 Å². The zero-order valence-electron chi connectivity index (χ0n) is 23.0. The zero-order chi connectivity index (χ0) is 26.9. The topological polar surface area (TPSA) is 85.3 Å². The van der Waals surface area contributed by atoms with Crippen molar-refractivity contribution >= 4 is 28.9 Å². The number of hydrogen-bond donors (Lipinski definition) is 0. The van der Waals surface area contributed by atoms with Crippen LogP contribution in [0.15, 0.2) is 6.07 Å². The molecule has 0 radical (unpaired) electrons. The third-order valence-corrected chi connectivity index (χ3v) is 6.84. The molecular formula is C30H44O5. The van der Waals surface area contributed by atoms with E-state index in [4.69, 9.17) is 0 Å². The minimum atomic E-state index is -0.190. The lowest BCUT2D eigenvalue weighted by Gasteiger charge is -2.32. The normalized spacial score (nSPS) is 16.5. The Balaban J connectivity index is 0.00000194. The van der Waals surface area contributed by atoms with Gasteiger partial charge in [-0.15, -0.1) is 0 Å². The maximum absolute atomic E-state index is 13.2. The van der Waals surface area contributed by atoms with E-state index in [1.165, 1.54) is 27.2 Å². The van der Waals surface area contributed by atoms with Crippen molar-refractivity contribution < 1.29 is 24.0 Å². The summed E-state index contributed by atoms with van der Waals surface area (Å²) in [6, 6.07) is 1.64. The fraction of sp³-hybridized carbons (Fsp3) is 0.633. The summed E-state index contributed by atoms with van der Waals surface area (Å²) in [7, 11) is 0. The Labute approximate surface area is 211 Å². The molecule has 1 aliphatic carbocycles. The van der Waals surface area contributed by atoms with Gasteiger partial charge in [-0.3, -0.25) is 24.0 Å². The summed E-state index contributed by atoms with van der Waals surface area (Å²) < 4.78 is 0. The minimum absolute atomic E-state index is 0.00708. The molecule has 0 fully saturated rings. The first-order valence-electron chi connectivity index (χ1n) is 13.2. The third kappa shape index (κ3) is 8.05. The summed E-state index contributed by atoms with van der Waals surface area (Å²) >= 11 is 0. The van der Waals surface area contributed by atoms with Crippen LogP contribution in [0.2, 0.25) is 0 Å². The largest absolute Gasteiger partial charge is 0.300 e. The van der Waals surface area contributed by atoms with Crippen LogP contribution in [0.3, 0.4) is 0 Å². The Kier molecular flexibility index (Phi) is 12.4. The maximum Gasteiger partial charge on any atom is 0.163 e. The fourth-order valence-corrected chi connectivity index (χ4v) is 5.48. The second kappa shape index (κ2) is 14.2. The molecule has 5 nitrogen and oxygen atoms in total. The summed E-state index contributed by atoms with van der Waals surface area (Å²) in [5, 5.41) is 0. The smallest absolute Gasteiger partial charge is 0.163 e. The molecule has 2 rings (SSSR count). The Morgan fingerprint density at radius 2 is 1.51 bits per heavy atom. The van der Waals surface area contributed by atoms with Gasteiger partial charge in [-0.1, -0.05) is 47.0 Å². The predicted molar refractivity (Wildman–Crippen MR) is 140 cm³/mol. The first kappa shape index (κ1) is 30.6. The van der Waals surface area contributed by atoms with Crippen molar-refractivity contribution in [1.29, 1.82) is 0 Å². The van der Waals surface area contributed by atoms with E-state index in [9.17, 15) is 24.0 Å². The SMILES string of the molecule is CCC.CCCC(CC1CC(=O)c2c(C)c(C(C)=O)cc(C(C)=O)c2C1)C(CC)C(=O)CC(C)=O. The van der Waals surface area contributed by atoms with E-state index in [1.54, 1.807) is 13.0 Å². The lowest BCUT2D eigenvalue weighted by Crippen LogP contribution is -2.30. The van der Waals surface area contributed by atoms with Gasteiger partial charge in [-0.2, -0.15) is 0 Å². The van der Waals surface area contributed by atoms with E-state index in [1.807, 2.05) is 6.92 Å². The molecule has 1 aromatic rings. The molecule has 1 aromatic carbocycles. The summed E-state index contributed by atoms with van der Waals surface area (Å²) in [4.78, 5) is 61.9. The van der Waals surface area contributed by atoms with Crippen molar-refractivity contribution in [3.63, 3.8) is 0 Å². The average molecular weight is 485 g/mol. The number of hydrogen-bond acceptors (Lipinski definition) is 5. The number of ketones is 5. The molecule has 0 N–H and O–H groups in total. The monoisotopic (exact) mass is 484 g/mol. The van der Waals surface area contributed by atoms with Crippen molar-refractivity contribution in [2.45, 2.75) is 107 Å². The van der Waals surface area contributed by atoms with E-state index < -0.39 is 0 Å². The highest BCUT2D eigenvalue weighted by Gasteiger charge is 2.35. The second-order valence-electron chi connectivity index (χ2n) is 10.1. The number of carbonyl (C=O) groups excluding carboxylic acids is 5. The highest BCUT2D eigenvalue weighted by molar-refractivity contribution is 6.09. The van der Waals surface area contributed by atoms with E-state index >= 15 is 0 Å². The molecule has 0 spiro atoms. The summed E-state index contributed by atoms with van der Waals surface area (Å²) in [6.07, 6.45) is 5.33. The van der Waals surface area contributed by atoms with Crippen molar-refractivity contribution in [3.8, 4) is 0 Å². The number of Topliss-reactive ketones (excluding diaryl/α,β-unsaturated/α-hetero) is 5. The van der Waals surface area contributed by atoms with E-state index in [2.05, 4.69) is 20.8 Å². The van der Waals surface area contributed by atoms with E-state index in [-0.39, 0.29) is 53.1 Å². The average Bonchev–Trinajstić information content (AvgIpc) is 2.73. The fourth-order valence-electron chi connectivity index (χ4n) is 5.48. The van der Waals surface area contributed by atoms with Gasteiger partial charge in [-0.05, 0) is 76.0 Å². The van der Waals surface area contributed by atoms with Crippen LogP contribution in [0.5, 0.6) is 0 Å². The molecular weight excluding hydrogens is 440 g/mol. The van der Waals surface area contributed by atoms with Crippen LogP contribution in [0, 0.1) is 24.7 Å². The lowest BCUT2D eigenvalue weighted by atomic mass is 9.70. The molecule has 0 saturated heterocycles.